The molecule has 11 aromatic rings. The summed E-state index contributed by atoms with van der Waals surface area (Å²) in [6.45, 7) is 43.6. The lowest BCUT2D eigenvalue weighted by Gasteiger charge is -2.42. The molecule has 11 aromatic carbocycles. The first-order chi connectivity index (χ1) is 44.3. The van der Waals surface area contributed by atoms with Crippen LogP contribution >= 0.6 is 0 Å². The second kappa shape index (κ2) is 33.1. The largest absolute Gasteiger partial charge is 0.0683 e. The first-order valence-electron chi connectivity index (χ1n) is 34.1. The van der Waals surface area contributed by atoms with Gasteiger partial charge in [0.05, 0.1) is 0 Å². The normalized spacial score (nSPS) is 12.0. The standard InChI is InChI=1S/C32H26.C22H28.C18H22.C16H18.2C2H6/c1-23-29(25-15-7-3-8-16-25)31(27-19-11-5-12-20-27)24(2)32(28-21-13-6-14-22-28)30(23)26-17-9-4-10-18-26;1-16-10-8-11-17(2)20(16)22(14-6-5-7-15-22)21-18(3)12-9-13-19(21)4;1-11-7-13(3)17(14(4)8-11)18-15(5)9-12(2)10-16(18)6;1-11-5-7-15(13(3)9-11)16-8-6-12(2)10-14(16)4;2*1-2/h3-22H,1-2H3;8-13H,5-7,14-15H2,1-4H3;7-10H,1-6H3;5-10H,1-4H3;2*1-2H3. The Morgan fingerprint density at radius 3 is 0.717 bits per heavy atom. The van der Waals surface area contributed by atoms with Gasteiger partial charge in [-0.2, -0.15) is 0 Å². The van der Waals surface area contributed by atoms with Crippen LogP contribution in [-0.2, 0) is 5.41 Å². The van der Waals surface area contributed by atoms with Crippen LogP contribution in [0.2, 0.25) is 0 Å². The van der Waals surface area contributed by atoms with Crippen LogP contribution in [0.15, 0.2) is 218 Å². The van der Waals surface area contributed by atoms with E-state index in [-0.39, 0.29) is 5.41 Å². The molecule has 474 valence electrons. The molecule has 12 rings (SSSR count). The van der Waals surface area contributed by atoms with Gasteiger partial charge in [0.25, 0.3) is 0 Å². The van der Waals surface area contributed by atoms with Crippen LogP contribution in [0.4, 0.5) is 0 Å². The number of aryl methyl sites for hydroxylation is 14. The van der Waals surface area contributed by atoms with Crippen molar-refractivity contribution in [1.29, 1.82) is 0 Å². The number of hydrogen-bond donors (Lipinski definition) is 0. The first-order valence-corrected chi connectivity index (χ1v) is 34.1. The van der Waals surface area contributed by atoms with E-state index in [1.165, 1.54) is 188 Å². The second-order valence-corrected chi connectivity index (χ2v) is 25.6. The Morgan fingerprint density at radius 2 is 0.467 bits per heavy atom. The fourth-order valence-electron chi connectivity index (χ4n) is 15.2. The second-order valence-electron chi connectivity index (χ2n) is 25.6. The molecule has 0 amide bonds. The summed E-state index contributed by atoms with van der Waals surface area (Å²) in [7, 11) is 0. The third-order valence-electron chi connectivity index (χ3n) is 18.5. The van der Waals surface area contributed by atoms with Crippen LogP contribution < -0.4 is 0 Å². The predicted molar refractivity (Wildman–Crippen MR) is 407 cm³/mol. The highest BCUT2D eigenvalue weighted by Crippen LogP contribution is 2.51. The summed E-state index contributed by atoms with van der Waals surface area (Å²) in [6, 6.07) is 79.2. The molecule has 0 unspecified atom stereocenters. The summed E-state index contributed by atoms with van der Waals surface area (Å²) in [5.41, 5.74) is 41.2. The van der Waals surface area contributed by atoms with Crippen LogP contribution in [0.1, 0.15) is 160 Å². The summed E-state index contributed by atoms with van der Waals surface area (Å²) in [6.07, 6.45) is 6.68. The molecule has 0 nitrogen and oxygen atoms in total. The van der Waals surface area contributed by atoms with Crippen LogP contribution in [0.5, 0.6) is 0 Å². The van der Waals surface area contributed by atoms with Crippen molar-refractivity contribution in [1.82, 2.24) is 0 Å². The van der Waals surface area contributed by atoms with Gasteiger partial charge in [0.2, 0.25) is 0 Å². The monoisotopic (exact) mass is 1210 g/mol. The van der Waals surface area contributed by atoms with Crippen molar-refractivity contribution < 1.29 is 0 Å². The number of hydrogen-bond acceptors (Lipinski definition) is 0. The molecule has 0 N–H and O–H groups in total. The fourth-order valence-corrected chi connectivity index (χ4v) is 15.2. The summed E-state index contributed by atoms with van der Waals surface area (Å²) in [5.74, 6) is 0. The zero-order valence-electron chi connectivity index (χ0n) is 59.8. The van der Waals surface area contributed by atoms with Gasteiger partial charge in [0.15, 0.2) is 0 Å². The number of benzene rings is 11. The molecule has 1 aliphatic carbocycles. The molecule has 1 saturated carbocycles. The van der Waals surface area contributed by atoms with Crippen molar-refractivity contribution >= 4 is 0 Å². The zero-order chi connectivity index (χ0) is 66.8. The summed E-state index contributed by atoms with van der Waals surface area (Å²) < 4.78 is 0. The number of rotatable bonds is 8. The maximum absolute atomic E-state index is 2.30. The molecule has 0 bridgehead atoms. The molecule has 0 heterocycles. The SMILES string of the molecule is CC.CC.Cc1c(-c2ccccc2)c(-c2ccccc2)c(C)c(-c2ccccc2)c1-c1ccccc1.Cc1cc(C)c(-c2c(C)cc(C)cc2C)c(C)c1.Cc1ccc(-c2ccc(C)cc2C)c(C)c1.Cc1cccc(C)c1C1(c2c(C)cccc2C)CCCCC1. The molecule has 0 spiro atoms. The van der Waals surface area contributed by atoms with Crippen molar-refractivity contribution in [2.75, 3.05) is 0 Å². The van der Waals surface area contributed by atoms with E-state index in [0.29, 0.717) is 0 Å². The molecule has 0 saturated heterocycles. The molecule has 0 aromatic heterocycles. The average molecular weight is 1210 g/mol. The van der Waals surface area contributed by atoms with E-state index < -0.39 is 0 Å². The molecular weight excluding hydrogens is 1110 g/mol. The van der Waals surface area contributed by atoms with Crippen LogP contribution in [0, 0.1) is 111 Å². The van der Waals surface area contributed by atoms with E-state index in [9.17, 15) is 0 Å². The third-order valence-corrected chi connectivity index (χ3v) is 18.5. The molecule has 0 heteroatoms. The highest BCUT2D eigenvalue weighted by molar-refractivity contribution is 6.01. The molecule has 1 aliphatic rings. The van der Waals surface area contributed by atoms with E-state index in [4.69, 9.17) is 0 Å². The van der Waals surface area contributed by atoms with Gasteiger partial charge in [0, 0.05) is 5.41 Å². The highest BCUT2D eigenvalue weighted by atomic mass is 14.4. The lowest BCUT2D eigenvalue weighted by atomic mass is 9.61. The molecule has 0 radical (unpaired) electrons. The van der Waals surface area contributed by atoms with Gasteiger partial charge in [-0.3, -0.25) is 0 Å². The minimum atomic E-state index is 0.225. The molecule has 0 atom stereocenters. The zero-order valence-corrected chi connectivity index (χ0v) is 59.8. The van der Waals surface area contributed by atoms with Crippen molar-refractivity contribution in [3.05, 3.63) is 319 Å². The summed E-state index contributed by atoms with van der Waals surface area (Å²) in [5, 5.41) is 0. The average Bonchev–Trinajstić information content (AvgIpc) is 0.778. The molecule has 0 aliphatic heterocycles. The van der Waals surface area contributed by atoms with Gasteiger partial charge in [0.1, 0.15) is 0 Å². The van der Waals surface area contributed by atoms with E-state index in [0.717, 1.165) is 0 Å². The highest BCUT2D eigenvalue weighted by Gasteiger charge is 2.39. The Balaban J connectivity index is 0.000000177. The minimum absolute atomic E-state index is 0.225. The quantitative estimate of drug-likeness (QED) is 0.142. The van der Waals surface area contributed by atoms with Crippen molar-refractivity contribution in [3.8, 4) is 66.8 Å². The van der Waals surface area contributed by atoms with E-state index in [2.05, 4.69) is 329 Å². The van der Waals surface area contributed by atoms with Gasteiger partial charge in [-0.1, -0.05) is 288 Å². The van der Waals surface area contributed by atoms with Gasteiger partial charge in [-0.25, -0.2) is 0 Å². The van der Waals surface area contributed by atoms with E-state index >= 15 is 0 Å². The van der Waals surface area contributed by atoms with Gasteiger partial charge in [-0.15, -0.1) is 0 Å². The Hall–Kier alpha value is -8.58. The maximum atomic E-state index is 2.30. The van der Waals surface area contributed by atoms with E-state index in [1.54, 1.807) is 11.1 Å². The van der Waals surface area contributed by atoms with Crippen molar-refractivity contribution in [2.24, 2.45) is 0 Å². The van der Waals surface area contributed by atoms with Crippen LogP contribution in [0.3, 0.4) is 0 Å². The Morgan fingerprint density at radius 1 is 0.217 bits per heavy atom. The molecule has 92 heavy (non-hydrogen) atoms. The Labute approximate surface area is 558 Å². The van der Waals surface area contributed by atoms with Gasteiger partial charge in [-0.05, 0) is 268 Å². The predicted octanol–water partition coefficient (Wildman–Crippen LogP) is 27.0. The lowest BCUT2D eigenvalue weighted by Crippen LogP contribution is -2.34. The first kappa shape index (κ1) is 70.9. The van der Waals surface area contributed by atoms with Gasteiger partial charge >= 0.3 is 0 Å². The fraction of sp³-hybridized carbons (Fsp3) is 0.283. The third kappa shape index (κ3) is 16.4. The summed E-state index contributed by atoms with van der Waals surface area (Å²) in [4.78, 5) is 0. The minimum Gasteiger partial charge on any atom is -0.0683 e. The summed E-state index contributed by atoms with van der Waals surface area (Å²) >= 11 is 0. The van der Waals surface area contributed by atoms with Crippen molar-refractivity contribution in [3.63, 3.8) is 0 Å². The van der Waals surface area contributed by atoms with E-state index in [1.807, 2.05) is 27.7 Å². The van der Waals surface area contributed by atoms with Gasteiger partial charge < -0.3 is 0 Å². The Bertz CT molecular complexity index is 3730. The maximum Gasteiger partial charge on any atom is 0.0213 e. The Kier molecular flexibility index (Phi) is 25.5. The van der Waals surface area contributed by atoms with Crippen LogP contribution in [0.25, 0.3) is 66.8 Å². The van der Waals surface area contributed by atoms with Crippen LogP contribution in [-0.4, -0.2) is 0 Å². The molecular formula is C92H106. The smallest absolute Gasteiger partial charge is 0.0213 e. The topological polar surface area (TPSA) is 0 Å². The lowest BCUT2D eigenvalue weighted by molar-refractivity contribution is 0.341. The van der Waals surface area contributed by atoms with Crippen molar-refractivity contribution in [2.45, 2.75) is 176 Å². The molecule has 1 fully saturated rings.